The van der Waals surface area contributed by atoms with E-state index in [1.165, 1.54) is 0 Å². The van der Waals surface area contributed by atoms with Gasteiger partial charge in [-0.1, -0.05) is 0 Å². The highest BCUT2D eigenvalue weighted by Gasteiger charge is 2.02. The van der Waals surface area contributed by atoms with E-state index in [1.807, 2.05) is 38.4 Å². The summed E-state index contributed by atoms with van der Waals surface area (Å²) in [5.41, 5.74) is 8.37. The number of nitrogens with zero attached hydrogens (tertiary/aromatic N) is 3. The number of rotatable bonds is 3. The van der Waals surface area contributed by atoms with Crippen molar-refractivity contribution >= 4 is 11.5 Å². The molecular weight excluding hydrogens is 202 g/mol. The van der Waals surface area contributed by atoms with E-state index < -0.39 is 0 Å². The minimum Gasteiger partial charge on any atom is -0.396 e. The number of anilines is 2. The fraction of sp³-hybridized carbons (Fsp3) is 0.273. The fourth-order valence-corrected chi connectivity index (χ4v) is 1.44. The second-order valence-electron chi connectivity index (χ2n) is 3.72. The van der Waals surface area contributed by atoms with E-state index in [2.05, 4.69) is 15.4 Å². The highest BCUT2D eigenvalue weighted by atomic mass is 15.3. The van der Waals surface area contributed by atoms with Gasteiger partial charge in [0.1, 0.15) is 5.82 Å². The number of nitrogen functional groups attached to an aromatic ring is 1. The molecule has 0 saturated carbocycles. The molecule has 0 radical (unpaired) electrons. The predicted molar refractivity (Wildman–Crippen MR) is 63.9 cm³/mol. The Hall–Kier alpha value is -2.04. The molecule has 5 nitrogen and oxygen atoms in total. The van der Waals surface area contributed by atoms with Crippen molar-refractivity contribution in [3.8, 4) is 0 Å². The SMILES string of the molecule is Cc1ccc(N)c(NCc2ccn(C)n2)n1. The Kier molecular flexibility index (Phi) is 2.76. The molecular formula is C11H15N5. The third-order valence-corrected chi connectivity index (χ3v) is 2.27. The number of nitrogens with two attached hydrogens (primary N) is 1. The van der Waals surface area contributed by atoms with Crippen LogP contribution in [0.4, 0.5) is 11.5 Å². The van der Waals surface area contributed by atoms with E-state index in [0.29, 0.717) is 18.1 Å². The van der Waals surface area contributed by atoms with E-state index in [1.54, 1.807) is 4.68 Å². The Morgan fingerprint density at radius 1 is 1.38 bits per heavy atom. The first-order valence-electron chi connectivity index (χ1n) is 5.10. The van der Waals surface area contributed by atoms with Crippen LogP contribution >= 0.6 is 0 Å². The molecule has 0 saturated heterocycles. The van der Waals surface area contributed by atoms with Crippen molar-refractivity contribution in [2.24, 2.45) is 7.05 Å². The van der Waals surface area contributed by atoms with Crippen molar-refractivity contribution in [1.82, 2.24) is 14.8 Å². The van der Waals surface area contributed by atoms with E-state index in [0.717, 1.165) is 11.4 Å². The topological polar surface area (TPSA) is 68.8 Å². The second kappa shape index (κ2) is 4.22. The Bertz CT molecular complexity index is 489. The van der Waals surface area contributed by atoms with Gasteiger partial charge in [0.2, 0.25) is 0 Å². The lowest BCUT2D eigenvalue weighted by Crippen LogP contribution is -2.06. The second-order valence-corrected chi connectivity index (χ2v) is 3.72. The standard InChI is InChI=1S/C11H15N5/c1-8-3-4-10(12)11(14-8)13-7-9-5-6-16(2)15-9/h3-6H,7,12H2,1-2H3,(H,13,14). The van der Waals surface area contributed by atoms with E-state index >= 15 is 0 Å². The van der Waals surface area contributed by atoms with Gasteiger partial charge in [-0.3, -0.25) is 4.68 Å². The Labute approximate surface area is 94.3 Å². The molecule has 0 bridgehead atoms. The molecule has 0 unspecified atom stereocenters. The van der Waals surface area contributed by atoms with Gasteiger partial charge in [-0.2, -0.15) is 5.10 Å². The molecule has 84 valence electrons. The summed E-state index contributed by atoms with van der Waals surface area (Å²) in [7, 11) is 1.89. The van der Waals surface area contributed by atoms with Crippen LogP contribution in [0.1, 0.15) is 11.4 Å². The number of hydrogen-bond donors (Lipinski definition) is 2. The van der Waals surface area contributed by atoms with E-state index in [4.69, 9.17) is 5.73 Å². The van der Waals surface area contributed by atoms with Crippen molar-refractivity contribution in [3.63, 3.8) is 0 Å². The molecule has 0 fully saturated rings. The lowest BCUT2D eigenvalue weighted by atomic mass is 10.3. The normalized spacial score (nSPS) is 10.4. The summed E-state index contributed by atoms with van der Waals surface area (Å²) in [6, 6.07) is 5.70. The first-order chi connectivity index (χ1) is 7.65. The third-order valence-electron chi connectivity index (χ3n) is 2.27. The van der Waals surface area contributed by atoms with Crippen molar-refractivity contribution < 1.29 is 0 Å². The first kappa shape index (κ1) is 10.5. The average molecular weight is 217 g/mol. The molecule has 0 aliphatic rings. The molecule has 0 aromatic carbocycles. The van der Waals surface area contributed by atoms with Gasteiger partial charge in [0.05, 0.1) is 17.9 Å². The maximum Gasteiger partial charge on any atom is 0.149 e. The number of aryl methyl sites for hydroxylation is 2. The van der Waals surface area contributed by atoms with Gasteiger partial charge >= 0.3 is 0 Å². The lowest BCUT2D eigenvalue weighted by Gasteiger charge is -2.07. The lowest BCUT2D eigenvalue weighted by molar-refractivity contribution is 0.747. The first-order valence-corrected chi connectivity index (χ1v) is 5.10. The minimum atomic E-state index is 0.626. The highest BCUT2D eigenvalue weighted by Crippen LogP contribution is 2.15. The summed E-state index contributed by atoms with van der Waals surface area (Å²) in [5, 5.41) is 7.43. The molecule has 0 atom stereocenters. The van der Waals surface area contributed by atoms with Crippen LogP contribution in [-0.4, -0.2) is 14.8 Å². The summed E-state index contributed by atoms with van der Waals surface area (Å²) in [5.74, 6) is 0.714. The zero-order valence-electron chi connectivity index (χ0n) is 9.44. The summed E-state index contributed by atoms with van der Waals surface area (Å²) >= 11 is 0. The largest absolute Gasteiger partial charge is 0.396 e. The Morgan fingerprint density at radius 3 is 2.88 bits per heavy atom. The number of pyridine rings is 1. The maximum absolute atomic E-state index is 5.81. The quantitative estimate of drug-likeness (QED) is 0.813. The molecule has 0 aliphatic heterocycles. The molecule has 0 aliphatic carbocycles. The molecule has 0 amide bonds. The summed E-state index contributed by atoms with van der Waals surface area (Å²) < 4.78 is 1.77. The van der Waals surface area contributed by atoms with Crippen LogP contribution in [0, 0.1) is 6.92 Å². The van der Waals surface area contributed by atoms with E-state index in [9.17, 15) is 0 Å². The highest BCUT2D eigenvalue weighted by molar-refractivity contribution is 5.61. The molecule has 2 aromatic heterocycles. The van der Waals surface area contributed by atoms with Crippen molar-refractivity contribution in [3.05, 3.63) is 35.8 Å². The van der Waals surface area contributed by atoms with Crippen molar-refractivity contribution in [2.75, 3.05) is 11.1 Å². The number of nitrogens with one attached hydrogen (secondary N) is 1. The summed E-state index contributed by atoms with van der Waals surface area (Å²) in [6.07, 6.45) is 1.91. The van der Waals surface area contributed by atoms with Gasteiger partial charge in [-0.15, -0.1) is 0 Å². The van der Waals surface area contributed by atoms with Gasteiger partial charge in [-0.05, 0) is 25.1 Å². The van der Waals surface area contributed by atoms with Crippen LogP contribution in [0.5, 0.6) is 0 Å². The third kappa shape index (κ3) is 2.31. The number of aromatic nitrogens is 3. The zero-order chi connectivity index (χ0) is 11.5. The van der Waals surface area contributed by atoms with Crippen molar-refractivity contribution in [2.45, 2.75) is 13.5 Å². The maximum atomic E-state index is 5.81. The van der Waals surface area contributed by atoms with Gasteiger partial charge < -0.3 is 11.1 Å². The van der Waals surface area contributed by atoms with Crippen LogP contribution in [0.25, 0.3) is 0 Å². The Balaban J connectivity index is 2.07. The smallest absolute Gasteiger partial charge is 0.149 e. The van der Waals surface area contributed by atoms with Gasteiger partial charge in [0.15, 0.2) is 0 Å². The predicted octanol–water partition coefficient (Wildman–Crippen LogP) is 1.32. The van der Waals surface area contributed by atoms with Gasteiger partial charge in [-0.25, -0.2) is 4.98 Å². The minimum absolute atomic E-state index is 0.626. The number of hydrogen-bond acceptors (Lipinski definition) is 4. The van der Waals surface area contributed by atoms with Crippen LogP contribution in [0.2, 0.25) is 0 Å². The molecule has 0 spiro atoms. The monoisotopic (exact) mass is 217 g/mol. The zero-order valence-corrected chi connectivity index (χ0v) is 9.44. The summed E-state index contributed by atoms with van der Waals surface area (Å²) in [4.78, 5) is 4.32. The molecule has 3 N–H and O–H groups in total. The van der Waals surface area contributed by atoms with Gasteiger partial charge in [0, 0.05) is 18.9 Å². The molecule has 5 heteroatoms. The summed E-state index contributed by atoms with van der Waals surface area (Å²) in [6.45, 7) is 2.56. The molecule has 2 aromatic rings. The molecule has 2 heterocycles. The fourth-order valence-electron chi connectivity index (χ4n) is 1.44. The van der Waals surface area contributed by atoms with Crippen LogP contribution in [-0.2, 0) is 13.6 Å². The van der Waals surface area contributed by atoms with Crippen LogP contribution in [0.15, 0.2) is 24.4 Å². The average Bonchev–Trinajstić information content (AvgIpc) is 2.66. The van der Waals surface area contributed by atoms with Crippen LogP contribution < -0.4 is 11.1 Å². The Morgan fingerprint density at radius 2 is 2.19 bits per heavy atom. The van der Waals surface area contributed by atoms with E-state index in [-0.39, 0.29) is 0 Å². The molecule has 2 rings (SSSR count). The van der Waals surface area contributed by atoms with Gasteiger partial charge in [0.25, 0.3) is 0 Å². The van der Waals surface area contributed by atoms with Crippen LogP contribution in [0.3, 0.4) is 0 Å². The van der Waals surface area contributed by atoms with Crippen molar-refractivity contribution in [1.29, 1.82) is 0 Å². The molecule has 16 heavy (non-hydrogen) atoms.